The number of likely N-dealkylation sites (tertiary alicyclic amines) is 1. The number of benzene rings is 1. The van der Waals surface area contributed by atoms with Crippen LogP contribution in [0.25, 0.3) is 0 Å². The van der Waals surface area contributed by atoms with Crippen molar-refractivity contribution in [3.8, 4) is 0 Å². The first kappa shape index (κ1) is 15.4. The number of hydrogen-bond acceptors (Lipinski definition) is 4. The number of nitro groups is 1. The van der Waals surface area contributed by atoms with Gasteiger partial charge in [-0.15, -0.1) is 0 Å². The second kappa shape index (κ2) is 6.22. The molecule has 114 valence electrons. The van der Waals surface area contributed by atoms with Gasteiger partial charge in [0.15, 0.2) is 0 Å². The van der Waals surface area contributed by atoms with Crippen molar-refractivity contribution in [2.24, 2.45) is 11.8 Å². The Morgan fingerprint density at radius 1 is 1.38 bits per heavy atom. The summed E-state index contributed by atoms with van der Waals surface area (Å²) in [4.78, 5) is 24.0. The van der Waals surface area contributed by atoms with Crippen molar-refractivity contribution in [2.75, 3.05) is 13.1 Å². The van der Waals surface area contributed by atoms with Crippen LogP contribution < -0.4 is 0 Å². The predicted octanol–water partition coefficient (Wildman–Crippen LogP) is 2.77. The maximum Gasteiger partial charge on any atom is 0.343 e. The summed E-state index contributed by atoms with van der Waals surface area (Å²) >= 11 is 0. The summed E-state index contributed by atoms with van der Waals surface area (Å²) in [5, 5.41) is 20.3. The first-order valence-corrected chi connectivity index (χ1v) is 7.10. The van der Waals surface area contributed by atoms with Crippen LogP contribution in [0, 0.1) is 22.0 Å². The van der Waals surface area contributed by atoms with E-state index < -0.39 is 10.9 Å². The minimum absolute atomic E-state index is 0.187. The third kappa shape index (κ3) is 3.58. The fraction of sp³-hybridized carbons (Fsp3) is 0.533. The number of nitrogens with zero attached hydrogens (tertiary/aromatic N) is 2. The molecule has 6 nitrogen and oxygen atoms in total. The standard InChI is InChI=1S/C15H20N2O4/c1-10-6-11(2)8-16(7-10)9-12-4-3-5-13(17(20)21)14(12)15(18)19/h3-5,10-11H,6-9H2,1-2H3,(H,18,19). The first-order chi connectivity index (χ1) is 9.88. The largest absolute Gasteiger partial charge is 0.477 e. The van der Waals surface area contributed by atoms with Gasteiger partial charge in [-0.25, -0.2) is 4.79 Å². The zero-order valence-corrected chi connectivity index (χ0v) is 12.3. The molecule has 1 aliphatic heterocycles. The average Bonchev–Trinajstić information content (AvgIpc) is 2.36. The van der Waals surface area contributed by atoms with Crippen LogP contribution in [0.2, 0.25) is 0 Å². The SMILES string of the molecule is CC1CC(C)CN(Cc2cccc([N+](=O)[O-])c2C(=O)O)C1. The smallest absolute Gasteiger partial charge is 0.343 e. The summed E-state index contributed by atoms with van der Waals surface area (Å²) in [6.45, 7) is 6.58. The van der Waals surface area contributed by atoms with Crippen LogP contribution >= 0.6 is 0 Å². The highest BCUT2D eigenvalue weighted by atomic mass is 16.6. The van der Waals surface area contributed by atoms with Crippen LogP contribution in [0.4, 0.5) is 5.69 Å². The number of carboxylic acids is 1. The molecule has 1 heterocycles. The molecule has 21 heavy (non-hydrogen) atoms. The highest BCUT2D eigenvalue weighted by Crippen LogP contribution is 2.27. The molecule has 1 fully saturated rings. The van der Waals surface area contributed by atoms with E-state index in [1.54, 1.807) is 12.1 Å². The van der Waals surface area contributed by atoms with Crippen molar-refractivity contribution in [2.45, 2.75) is 26.8 Å². The van der Waals surface area contributed by atoms with Crippen LogP contribution in [-0.4, -0.2) is 34.0 Å². The van der Waals surface area contributed by atoms with E-state index in [-0.39, 0.29) is 11.3 Å². The van der Waals surface area contributed by atoms with Gasteiger partial charge in [0.05, 0.1) is 4.92 Å². The normalized spacial score (nSPS) is 23.0. The van der Waals surface area contributed by atoms with Gasteiger partial charge in [0.2, 0.25) is 0 Å². The van der Waals surface area contributed by atoms with Crippen molar-refractivity contribution >= 4 is 11.7 Å². The Balaban J connectivity index is 2.29. The van der Waals surface area contributed by atoms with E-state index in [2.05, 4.69) is 18.7 Å². The highest BCUT2D eigenvalue weighted by molar-refractivity contribution is 5.94. The van der Waals surface area contributed by atoms with E-state index in [1.807, 2.05) is 0 Å². The van der Waals surface area contributed by atoms with Gasteiger partial charge in [0.25, 0.3) is 5.69 Å². The molecule has 1 saturated heterocycles. The molecule has 2 unspecified atom stereocenters. The van der Waals surface area contributed by atoms with E-state index in [1.165, 1.54) is 6.07 Å². The lowest BCUT2D eigenvalue weighted by Gasteiger charge is -2.35. The molecule has 2 atom stereocenters. The van der Waals surface area contributed by atoms with Gasteiger partial charge in [-0.2, -0.15) is 0 Å². The molecule has 0 amide bonds. The van der Waals surface area contributed by atoms with Crippen LogP contribution in [0.3, 0.4) is 0 Å². The second-order valence-electron chi connectivity index (χ2n) is 6.01. The molecule has 0 aliphatic carbocycles. The summed E-state index contributed by atoms with van der Waals surface area (Å²) in [5.41, 5.74) is -0.00974. The number of hydrogen-bond donors (Lipinski definition) is 1. The summed E-state index contributed by atoms with van der Waals surface area (Å²) in [6.07, 6.45) is 1.16. The van der Waals surface area contributed by atoms with Gasteiger partial charge < -0.3 is 5.11 Å². The van der Waals surface area contributed by atoms with E-state index in [0.717, 1.165) is 19.5 Å². The lowest BCUT2D eigenvalue weighted by Crippen LogP contribution is -2.38. The Kier molecular flexibility index (Phi) is 4.57. The molecule has 1 aromatic rings. The molecular weight excluding hydrogens is 272 g/mol. The maximum atomic E-state index is 11.4. The summed E-state index contributed by atoms with van der Waals surface area (Å²) in [7, 11) is 0. The summed E-state index contributed by atoms with van der Waals surface area (Å²) in [5.74, 6) is -0.128. The third-order valence-electron chi connectivity index (χ3n) is 3.88. The third-order valence-corrected chi connectivity index (χ3v) is 3.88. The molecule has 0 aromatic heterocycles. The summed E-state index contributed by atoms with van der Waals surface area (Å²) < 4.78 is 0. The Bertz CT molecular complexity index is 549. The molecule has 0 spiro atoms. The predicted molar refractivity (Wildman–Crippen MR) is 78.3 cm³/mol. The van der Waals surface area contributed by atoms with Gasteiger partial charge in [-0.1, -0.05) is 26.0 Å². The van der Waals surface area contributed by atoms with Crippen LogP contribution in [-0.2, 0) is 6.54 Å². The minimum atomic E-state index is -1.24. The van der Waals surface area contributed by atoms with Crippen molar-refractivity contribution in [3.05, 3.63) is 39.4 Å². The van der Waals surface area contributed by atoms with Crippen LogP contribution in [0.1, 0.15) is 36.2 Å². The van der Waals surface area contributed by atoms with Crippen molar-refractivity contribution < 1.29 is 14.8 Å². The quantitative estimate of drug-likeness (QED) is 0.681. The molecule has 0 radical (unpaired) electrons. The number of aromatic carboxylic acids is 1. The minimum Gasteiger partial charge on any atom is -0.477 e. The van der Waals surface area contributed by atoms with Gasteiger partial charge in [-0.05, 0) is 23.8 Å². The van der Waals surface area contributed by atoms with Crippen LogP contribution in [0.15, 0.2) is 18.2 Å². The van der Waals surface area contributed by atoms with Crippen molar-refractivity contribution in [3.63, 3.8) is 0 Å². The number of rotatable bonds is 4. The fourth-order valence-corrected chi connectivity index (χ4v) is 3.28. The lowest BCUT2D eigenvalue weighted by atomic mass is 9.91. The average molecular weight is 292 g/mol. The van der Waals surface area contributed by atoms with Gasteiger partial charge in [0, 0.05) is 25.7 Å². The molecule has 2 rings (SSSR count). The van der Waals surface area contributed by atoms with E-state index >= 15 is 0 Å². The number of carbonyl (C=O) groups is 1. The molecular formula is C15H20N2O4. The Morgan fingerprint density at radius 3 is 2.52 bits per heavy atom. The first-order valence-electron chi connectivity index (χ1n) is 7.10. The van der Waals surface area contributed by atoms with Crippen molar-refractivity contribution in [1.82, 2.24) is 4.90 Å². The number of piperidine rings is 1. The van der Waals surface area contributed by atoms with Gasteiger partial charge in [-0.3, -0.25) is 15.0 Å². The molecule has 6 heteroatoms. The van der Waals surface area contributed by atoms with Crippen LogP contribution in [0.5, 0.6) is 0 Å². The molecule has 1 N–H and O–H groups in total. The Hall–Kier alpha value is -1.95. The molecule has 0 bridgehead atoms. The molecule has 0 saturated carbocycles. The zero-order chi connectivity index (χ0) is 15.6. The molecule has 1 aliphatic rings. The zero-order valence-electron chi connectivity index (χ0n) is 12.3. The maximum absolute atomic E-state index is 11.4. The van der Waals surface area contributed by atoms with E-state index in [0.29, 0.717) is 23.9 Å². The second-order valence-corrected chi connectivity index (χ2v) is 6.01. The van der Waals surface area contributed by atoms with Crippen molar-refractivity contribution in [1.29, 1.82) is 0 Å². The summed E-state index contributed by atoms with van der Waals surface area (Å²) in [6, 6.07) is 4.46. The van der Waals surface area contributed by atoms with E-state index in [4.69, 9.17) is 0 Å². The number of nitro benzene ring substituents is 1. The topological polar surface area (TPSA) is 83.7 Å². The Labute approximate surface area is 123 Å². The van der Waals surface area contributed by atoms with Gasteiger partial charge >= 0.3 is 5.97 Å². The van der Waals surface area contributed by atoms with E-state index in [9.17, 15) is 20.0 Å². The monoisotopic (exact) mass is 292 g/mol. The van der Waals surface area contributed by atoms with Gasteiger partial charge in [0.1, 0.15) is 5.56 Å². The highest BCUT2D eigenvalue weighted by Gasteiger charge is 2.27. The number of carboxylic acid groups (broad SMARTS) is 1. The Morgan fingerprint density at radius 2 is 2.00 bits per heavy atom. The molecule has 1 aromatic carbocycles. The lowest BCUT2D eigenvalue weighted by molar-refractivity contribution is -0.385. The fourth-order valence-electron chi connectivity index (χ4n) is 3.28.